The van der Waals surface area contributed by atoms with Crippen LogP contribution in [0.25, 0.3) is 0 Å². The van der Waals surface area contributed by atoms with E-state index in [1.807, 2.05) is 6.07 Å². The van der Waals surface area contributed by atoms with Crippen LogP contribution in [-0.4, -0.2) is 51.0 Å². The van der Waals surface area contributed by atoms with Gasteiger partial charge < -0.3 is 26.6 Å². The summed E-state index contributed by atoms with van der Waals surface area (Å²) in [4.78, 5) is 2.44. The normalized spacial score (nSPS) is 18.7. The molecule has 19 heavy (non-hydrogen) atoms. The molecular formula is C14H19ClNO3-. The van der Waals surface area contributed by atoms with Gasteiger partial charge in [0.2, 0.25) is 0 Å². The molecule has 5 heteroatoms. The Hall–Kier alpha value is -0.970. The third-order valence-electron chi connectivity index (χ3n) is 3.43. The van der Waals surface area contributed by atoms with Gasteiger partial charge >= 0.3 is 0 Å². The first-order chi connectivity index (χ1) is 8.92. The van der Waals surface area contributed by atoms with Gasteiger partial charge in [-0.15, -0.1) is 0 Å². The Kier molecular flexibility index (Phi) is 5.31. The number of rotatable bonds is 3. The van der Waals surface area contributed by atoms with E-state index in [4.69, 9.17) is 14.2 Å². The molecule has 0 radical (unpaired) electrons. The maximum atomic E-state index is 5.60. The van der Waals surface area contributed by atoms with E-state index in [2.05, 4.69) is 17.0 Å². The highest BCUT2D eigenvalue weighted by atomic mass is 35.5. The number of ether oxygens (including phenoxy) is 3. The van der Waals surface area contributed by atoms with Gasteiger partial charge in [0.15, 0.2) is 11.5 Å². The Bertz CT molecular complexity index is 408. The zero-order valence-corrected chi connectivity index (χ0v) is 11.7. The lowest BCUT2D eigenvalue weighted by Crippen LogP contribution is -3.00. The zero-order valence-electron chi connectivity index (χ0n) is 10.9. The molecule has 2 aliphatic rings. The van der Waals surface area contributed by atoms with Crippen molar-refractivity contribution in [3.63, 3.8) is 0 Å². The summed E-state index contributed by atoms with van der Waals surface area (Å²) in [5, 5.41) is 0. The number of halogens is 1. The Morgan fingerprint density at radius 2 is 1.68 bits per heavy atom. The summed E-state index contributed by atoms with van der Waals surface area (Å²) in [6.45, 7) is 6.21. The van der Waals surface area contributed by atoms with Crippen LogP contribution >= 0.6 is 0 Å². The van der Waals surface area contributed by atoms with Gasteiger partial charge in [-0.25, -0.2) is 0 Å². The number of hydrogen-bond donors (Lipinski definition) is 0. The number of benzene rings is 1. The third-order valence-corrected chi connectivity index (χ3v) is 3.43. The second-order valence-corrected chi connectivity index (χ2v) is 4.68. The fourth-order valence-corrected chi connectivity index (χ4v) is 2.36. The van der Waals surface area contributed by atoms with Crippen LogP contribution in [0.3, 0.4) is 0 Å². The Morgan fingerprint density at radius 1 is 0.947 bits per heavy atom. The molecule has 0 aliphatic carbocycles. The van der Waals surface area contributed by atoms with Crippen LogP contribution in [0, 0.1) is 0 Å². The predicted octanol–water partition coefficient (Wildman–Crippen LogP) is -1.66. The van der Waals surface area contributed by atoms with Crippen LogP contribution in [0.1, 0.15) is 5.56 Å². The van der Waals surface area contributed by atoms with Gasteiger partial charge in [-0.2, -0.15) is 0 Å². The molecule has 0 aromatic heterocycles. The van der Waals surface area contributed by atoms with Crippen molar-refractivity contribution >= 4 is 0 Å². The average molecular weight is 285 g/mol. The van der Waals surface area contributed by atoms with Crippen molar-refractivity contribution in [1.82, 2.24) is 4.90 Å². The second-order valence-electron chi connectivity index (χ2n) is 4.68. The highest BCUT2D eigenvalue weighted by molar-refractivity contribution is 5.43. The summed E-state index contributed by atoms with van der Waals surface area (Å²) in [5.74, 6) is 1.76. The number of morpholine rings is 1. The fraction of sp³-hybridized carbons (Fsp3) is 0.571. The molecular weight excluding hydrogens is 266 g/mol. The van der Waals surface area contributed by atoms with Gasteiger partial charge in [0.1, 0.15) is 13.2 Å². The molecule has 0 atom stereocenters. The lowest BCUT2D eigenvalue weighted by Gasteiger charge is -2.26. The van der Waals surface area contributed by atoms with Gasteiger partial charge in [0.05, 0.1) is 13.2 Å². The molecule has 0 amide bonds. The van der Waals surface area contributed by atoms with Crippen molar-refractivity contribution in [3.8, 4) is 11.5 Å². The maximum absolute atomic E-state index is 5.60. The molecule has 0 spiro atoms. The van der Waals surface area contributed by atoms with Gasteiger partial charge in [0, 0.05) is 19.6 Å². The molecule has 0 unspecified atom stereocenters. The SMILES string of the molecule is [Cl-].c1cc2c(cc1CCN1CCOCC1)OCCO2. The summed E-state index contributed by atoms with van der Waals surface area (Å²) >= 11 is 0. The minimum Gasteiger partial charge on any atom is -1.00 e. The Balaban J connectivity index is 0.00000133. The zero-order chi connectivity index (χ0) is 12.2. The highest BCUT2D eigenvalue weighted by Gasteiger charge is 2.13. The number of hydrogen-bond acceptors (Lipinski definition) is 4. The van der Waals surface area contributed by atoms with Crippen LogP contribution in [-0.2, 0) is 11.2 Å². The Labute approximate surface area is 120 Å². The molecule has 3 rings (SSSR count). The first kappa shape index (κ1) is 14.4. The molecule has 4 nitrogen and oxygen atoms in total. The predicted molar refractivity (Wildman–Crippen MR) is 68.4 cm³/mol. The largest absolute Gasteiger partial charge is 1.00 e. The minimum atomic E-state index is 0. The summed E-state index contributed by atoms with van der Waals surface area (Å²) in [7, 11) is 0. The van der Waals surface area contributed by atoms with E-state index in [1.165, 1.54) is 5.56 Å². The van der Waals surface area contributed by atoms with Crippen LogP contribution < -0.4 is 21.9 Å². The number of nitrogens with zero attached hydrogens (tertiary/aromatic N) is 1. The lowest BCUT2D eigenvalue weighted by molar-refractivity contribution is -0.00000569. The van der Waals surface area contributed by atoms with Gasteiger partial charge in [-0.3, -0.25) is 4.90 Å². The topological polar surface area (TPSA) is 30.9 Å². The molecule has 2 heterocycles. The third kappa shape index (κ3) is 3.75. The van der Waals surface area contributed by atoms with Crippen LogP contribution in [0.4, 0.5) is 0 Å². The summed E-state index contributed by atoms with van der Waals surface area (Å²) in [6, 6.07) is 6.26. The van der Waals surface area contributed by atoms with Crippen molar-refractivity contribution in [2.75, 3.05) is 46.1 Å². The molecule has 2 aliphatic heterocycles. The van der Waals surface area contributed by atoms with E-state index >= 15 is 0 Å². The van der Waals surface area contributed by atoms with Crippen molar-refractivity contribution in [2.45, 2.75) is 6.42 Å². The molecule has 1 fully saturated rings. The first-order valence-electron chi connectivity index (χ1n) is 6.60. The second kappa shape index (κ2) is 6.98. The van der Waals surface area contributed by atoms with Gasteiger partial charge in [-0.1, -0.05) is 6.07 Å². The fourth-order valence-electron chi connectivity index (χ4n) is 2.36. The summed E-state index contributed by atoms with van der Waals surface area (Å²) in [6.07, 6.45) is 1.05. The Morgan fingerprint density at radius 3 is 2.47 bits per heavy atom. The summed E-state index contributed by atoms with van der Waals surface area (Å²) < 4.78 is 16.5. The van der Waals surface area contributed by atoms with Crippen molar-refractivity contribution in [3.05, 3.63) is 23.8 Å². The van der Waals surface area contributed by atoms with Crippen molar-refractivity contribution < 1.29 is 26.6 Å². The monoisotopic (exact) mass is 284 g/mol. The van der Waals surface area contributed by atoms with E-state index < -0.39 is 0 Å². The van der Waals surface area contributed by atoms with Crippen molar-refractivity contribution in [1.29, 1.82) is 0 Å². The number of fused-ring (bicyclic) bond motifs is 1. The first-order valence-corrected chi connectivity index (χ1v) is 6.60. The van der Waals surface area contributed by atoms with E-state index in [-0.39, 0.29) is 12.4 Å². The lowest BCUT2D eigenvalue weighted by atomic mass is 10.1. The van der Waals surface area contributed by atoms with E-state index in [1.54, 1.807) is 0 Å². The molecule has 1 aromatic carbocycles. The van der Waals surface area contributed by atoms with Crippen LogP contribution in [0.5, 0.6) is 11.5 Å². The van der Waals surface area contributed by atoms with Crippen LogP contribution in [0.2, 0.25) is 0 Å². The maximum Gasteiger partial charge on any atom is 0.161 e. The smallest absolute Gasteiger partial charge is 0.161 e. The molecule has 0 N–H and O–H groups in total. The minimum absolute atomic E-state index is 0. The van der Waals surface area contributed by atoms with Crippen molar-refractivity contribution in [2.24, 2.45) is 0 Å². The van der Waals surface area contributed by atoms with E-state index in [9.17, 15) is 0 Å². The van der Waals surface area contributed by atoms with Gasteiger partial charge in [0.25, 0.3) is 0 Å². The van der Waals surface area contributed by atoms with E-state index in [0.717, 1.165) is 50.8 Å². The standard InChI is InChI=1S/C14H19NO3.ClH/c1-2-13-14(18-10-9-17-13)11-12(1)3-4-15-5-7-16-8-6-15;/h1-2,11H,3-10H2;1H/p-1. The highest BCUT2D eigenvalue weighted by Crippen LogP contribution is 2.30. The molecule has 0 saturated carbocycles. The van der Waals surface area contributed by atoms with Crippen LogP contribution in [0.15, 0.2) is 18.2 Å². The summed E-state index contributed by atoms with van der Waals surface area (Å²) in [5.41, 5.74) is 1.31. The van der Waals surface area contributed by atoms with E-state index in [0.29, 0.717) is 13.2 Å². The molecule has 1 aromatic rings. The van der Waals surface area contributed by atoms with Gasteiger partial charge in [-0.05, 0) is 24.1 Å². The molecule has 0 bridgehead atoms. The molecule has 106 valence electrons. The average Bonchev–Trinajstić information content (AvgIpc) is 2.46. The molecule has 1 saturated heterocycles. The quantitative estimate of drug-likeness (QED) is 0.665.